The molecule has 144 valence electrons. The molecule has 1 N–H and O–H groups in total. The van der Waals surface area contributed by atoms with E-state index >= 15 is 0 Å². The number of ether oxygens (including phenoxy) is 1. The highest BCUT2D eigenvalue weighted by molar-refractivity contribution is 7.99. The van der Waals surface area contributed by atoms with E-state index in [1.807, 2.05) is 31.2 Å². The van der Waals surface area contributed by atoms with Gasteiger partial charge >= 0.3 is 5.97 Å². The van der Waals surface area contributed by atoms with Crippen molar-refractivity contribution in [1.82, 2.24) is 0 Å². The van der Waals surface area contributed by atoms with E-state index in [9.17, 15) is 22.8 Å². The monoisotopic (exact) mass is 397 g/mol. The van der Waals surface area contributed by atoms with Gasteiger partial charge in [0.2, 0.25) is 0 Å². The lowest BCUT2D eigenvalue weighted by Crippen LogP contribution is -2.31. The average molecular weight is 397 g/mol. The van der Waals surface area contributed by atoms with Crippen molar-refractivity contribution in [3.05, 3.63) is 65.0 Å². The van der Waals surface area contributed by atoms with E-state index in [0.717, 1.165) is 17.2 Å². The Hall–Kier alpha value is -2.48. The van der Waals surface area contributed by atoms with E-state index in [1.165, 1.54) is 18.7 Å². The highest BCUT2D eigenvalue weighted by Gasteiger charge is 2.21. The number of benzene rings is 2. The molecule has 2 rings (SSSR count). The Morgan fingerprint density at radius 1 is 1.07 bits per heavy atom. The average Bonchev–Trinajstić information content (AvgIpc) is 2.63. The number of rotatable bonds is 7. The summed E-state index contributed by atoms with van der Waals surface area (Å²) >= 11 is 1.33. The molecule has 0 aliphatic heterocycles. The predicted octanol–water partition coefficient (Wildman–Crippen LogP) is 4.22. The van der Waals surface area contributed by atoms with Gasteiger partial charge in [-0.2, -0.15) is 0 Å². The number of hydrogen-bond donors (Lipinski definition) is 1. The summed E-state index contributed by atoms with van der Waals surface area (Å²) in [4.78, 5) is 23.8. The summed E-state index contributed by atoms with van der Waals surface area (Å²) in [6.07, 6.45) is -1.22. The summed E-state index contributed by atoms with van der Waals surface area (Å²) in [5.74, 6) is -5.39. The van der Waals surface area contributed by atoms with Gasteiger partial charge in [-0.1, -0.05) is 29.8 Å². The fourth-order valence-corrected chi connectivity index (χ4v) is 2.84. The molecule has 27 heavy (non-hydrogen) atoms. The first kappa shape index (κ1) is 20.8. The van der Waals surface area contributed by atoms with Gasteiger partial charge in [0.05, 0.1) is 11.4 Å². The van der Waals surface area contributed by atoms with E-state index in [-0.39, 0.29) is 5.75 Å². The third-order valence-electron chi connectivity index (χ3n) is 3.58. The van der Waals surface area contributed by atoms with Crippen LogP contribution in [0.5, 0.6) is 0 Å². The van der Waals surface area contributed by atoms with Crippen LogP contribution in [0, 0.1) is 24.4 Å². The summed E-state index contributed by atoms with van der Waals surface area (Å²) in [5.41, 5.74) is 1.66. The standard InChI is InChI=1S/C19H18F3NO3S/c1-11-3-5-13(6-4-11)9-27-10-16(24)26-12(2)19(25)23-15-8-7-14(20)17(21)18(15)22/h3-8,12H,9-10H2,1-2H3,(H,23,25)/t12-/m1/s1. The smallest absolute Gasteiger partial charge is 0.316 e. The molecule has 0 heterocycles. The van der Waals surface area contributed by atoms with Crippen molar-refractivity contribution in [1.29, 1.82) is 0 Å². The van der Waals surface area contributed by atoms with E-state index in [0.29, 0.717) is 11.8 Å². The molecule has 0 aromatic heterocycles. The van der Waals surface area contributed by atoms with E-state index in [4.69, 9.17) is 4.74 Å². The van der Waals surface area contributed by atoms with Crippen LogP contribution in [0.2, 0.25) is 0 Å². The Balaban J connectivity index is 1.80. The number of carbonyl (C=O) groups is 2. The summed E-state index contributed by atoms with van der Waals surface area (Å²) < 4.78 is 44.6. The van der Waals surface area contributed by atoms with Gasteiger partial charge in [-0.3, -0.25) is 9.59 Å². The molecule has 0 fully saturated rings. The van der Waals surface area contributed by atoms with E-state index in [1.54, 1.807) is 0 Å². The van der Waals surface area contributed by atoms with Crippen molar-refractivity contribution in [3.8, 4) is 0 Å². The summed E-state index contributed by atoms with van der Waals surface area (Å²) in [5, 5.41) is 2.07. The van der Waals surface area contributed by atoms with Crippen LogP contribution in [0.4, 0.5) is 18.9 Å². The molecule has 1 amide bonds. The highest BCUT2D eigenvalue weighted by Crippen LogP contribution is 2.20. The van der Waals surface area contributed by atoms with Gasteiger partial charge in [0, 0.05) is 5.75 Å². The zero-order chi connectivity index (χ0) is 20.0. The van der Waals surface area contributed by atoms with E-state index in [2.05, 4.69) is 5.32 Å². The third-order valence-corrected chi connectivity index (χ3v) is 4.56. The molecular weight excluding hydrogens is 379 g/mol. The van der Waals surface area contributed by atoms with Gasteiger partial charge in [-0.05, 0) is 31.5 Å². The minimum atomic E-state index is -1.69. The maximum atomic E-state index is 13.6. The Labute approximate surface area is 159 Å². The van der Waals surface area contributed by atoms with Crippen LogP contribution in [-0.4, -0.2) is 23.7 Å². The molecule has 2 aromatic rings. The van der Waals surface area contributed by atoms with Crippen LogP contribution in [0.25, 0.3) is 0 Å². The Kier molecular flexibility index (Phi) is 7.29. The van der Waals surface area contributed by atoms with Gasteiger partial charge in [0.15, 0.2) is 23.6 Å². The van der Waals surface area contributed by atoms with Gasteiger partial charge in [-0.15, -0.1) is 11.8 Å². The number of thioether (sulfide) groups is 1. The van der Waals surface area contributed by atoms with Crippen LogP contribution < -0.4 is 5.32 Å². The zero-order valence-electron chi connectivity index (χ0n) is 14.7. The van der Waals surface area contributed by atoms with Gasteiger partial charge in [0.1, 0.15) is 0 Å². The topological polar surface area (TPSA) is 55.4 Å². The second-order valence-corrected chi connectivity index (χ2v) is 6.81. The maximum absolute atomic E-state index is 13.6. The normalized spacial score (nSPS) is 11.7. The Bertz CT molecular complexity index is 828. The van der Waals surface area contributed by atoms with Crippen molar-refractivity contribution in [2.45, 2.75) is 25.7 Å². The molecule has 0 spiro atoms. The SMILES string of the molecule is Cc1ccc(CSCC(=O)O[C@H](C)C(=O)Nc2ccc(F)c(F)c2F)cc1. The fraction of sp³-hybridized carbons (Fsp3) is 0.263. The number of hydrogen-bond acceptors (Lipinski definition) is 4. The van der Waals surface area contributed by atoms with Crippen molar-refractivity contribution in [3.63, 3.8) is 0 Å². The molecule has 0 aliphatic carbocycles. The second-order valence-electron chi connectivity index (χ2n) is 5.82. The fourth-order valence-electron chi connectivity index (χ4n) is 2.08. The van der Waals surface area contributed by atoms with Crippen LogP contribution >= 0.6 is 11.8 Å². The van der Waals surface area contributed by atoms with Crippen LogP contribution in [0.3, 0.4) is 0 Å². The lowest BCUT2D eigenvalue weighted by atomic mass is 10.2. The molecule has 0 unspecified atom stereocenters. The van der Waals surface area contributed by atoms with Crippen molar-refractivity contribution in [2.24, 2.45) is 0 Å². The van der Waals surface area contributed by atoms with E-state index < -0.39 is 41.1 Å². The van der Waals surface area contributed by atoms with Crippen molar-refractivity contribution >= 4 is 29.3 Å². The van der Waals surface area contributed by atoms with Crippen molar-refractivity contribution < 1.29 is 27.5 Å². The largest absolute Gasteiger partial charge is 0.452 e. The maximum Gasteiger partial charge on any atom is 0.316 e. The van der Waals surface area contributed by atoms with Gasteiger partial charge in [-0.25, -0.2) is 13.2 Å². The molecular formula is C19H18F3NO3S. The first-order chi connectivity index (χ1) is 12.8. The minimum Gasteiger partial charge on any atom is -0.452 e. The number of halogens is 3. The molecule has 0 saturated heterocycles. The molecule has 1 atom stereocenters. The second kappa shape index (κ2) is 9.45. The number of carbonyl (C=O) groups excluding carboxylic acids is 2. The summed E-state index contributed by atoms with van der Waals surface area (Å²) in [6, 6.07) is 9.43. The molecule has 8 heteroatoms. The number of nitrogens with one attached hydrogen (secondary N) is 1. The molecule has 0 radical (unpaired) electrons. The number of esters is 1. The first-order valence-corrected chi connectivity index (χ1v) is 9.20. The third kappa shape index (κ3) is 6.02. The molecule has 0 saturated carbocycles. The minimum absolute atomic E-state index is 0.0328. The molecule has 0 aliphatic rings. The lowest BCUT2D eigenvalue weighted by molar-refractivity contribution is -0.150. The zero-order valence-corrected chi connectivity index (χ0v) is 15.5. The Morgan fingerprint density at radius 3 is 2.41 bits per heavy atom. The quantitative estimate of drug-likeness (QED) is 0.562. The lowest BCUT2D eigenvalue weighted by Gasteiger charge is -2.14. The predicted molar refractivity (Wildman–Crippen MR) is 97.8 cm³/mol. The molecule has 4 nitrogen and oxygen atoms in total. The first-order valence-electron chi connectivity index (χ1n) is 8.05. The van der Waals surface area contributed by atoms with Gasteiger partial charge < -0.3 is 10.1 Å². The number of aryl methyl sites for hydroxylation is 1. The highest BCUT2D eigenvalue weighted by atomic mass is 32.2. The number of amides is 1. The summed E-state index contributed by atoms with van der Waals surface area (Å²) in [6.45, 7) is 3.28. The molecule has 2 aromatic carbocycles. The van der Waals surface area contributed by atoms with Crippen LogP contribution in [-0.2, 0) is 20.1 Å². The number of anilines is 1. The Morgan fingerprint density at radius 2 is 1.74 bits per heavy atom. The van der Waals surface area contributed by atoms with Crippen LogP contribution in [0.1, 0.15) is 18.1 Å². The summed E-state index contributed by atoms with van der Waals surface area (Å²) in [7, 11) is 0. The van der Waals surface area contributed by atoms with Crippen molar-refractivity contribution in [2.75, 3.05) is 11.1 Å². The van der Waals surface area contributed by atoms with Gasteiger partial charge in [0.25, 0.3) is 5.91 Å². The van der Waals surface area contributed by atoms with Crippen LogP contribution in [0.15, 0.2) is 36.4 Å². The molecule has 0 bridgehead atoms.